The molecule has 0 saturated carbocycles. The van der Waals surface area contributed by atoms with E-state index >= 15 is 0 Å². The second kappa shape index (κ2) is 12.3. The highest BCUT2D eigenvalue weighted by Gasteiger charge is 2.27. The van der Waals surface area contributed by atoms with Crippen molar-refractivity contribution >= 4 is 5.97 Å². The van der Waals surface area contributed by atoms with E-state index < -0.39 is 30.8 Å². The van der Waals surface area contributed by atoms with Crippen molar-refractivity contribution in [2.75, 3.05) is 59.0 Å². The van der Waals surface area contributed by atoms with Crippen LogP contribution in [0.3, 0.4) is 0 Å². The summed E-state index contributed by atoms with van der Waals surface area (Å²) < 4.78 is 0. The van der Waals surface area contributed by atoms with Gasteiger partial charge in [-0.05, 0) is 24.6 Å². The van der Waals surface area contributed by atoms with Crippen molar-refractivity contribution in [1.82, 2.24) is 14.7 Å². The maximum atomic E-state index is 11.1. The van der Waals surface area contributed by atoms with Gasteiger partial charge in [-0.25, -0.2) is 4.79 Å². The number of carboxylic acids is 1. The van der Waals surface area contributed by atoms with Crippen LogP contribution >= 0.6 is 0 Å². The fourth-order valence-electron chi connectivity index (χ4n) is 3.82. The third kappa shape index (κ3) is 7.59. The highest BCUT2D eigenvalue weighted by atomic mass is 16.4. The van der Waals surface area contributed by atoms with Gasteiger partial charge in [0.2, 0.25) is 0 Å². The number of hydrogen-bond donors (Lipinski definition) is 5. The number of aliphatic hydroxyl groups excluding tert-OH is 4. The zero-order valence-electron chi connectivity index (χ0n) is 17.6. The molecule has 30 heavy (non-hydrogen) atoms. The Kier molecular flexibility index (Phi) is 10.1. The Hall–Kier alpha value is -1.59. The Morgan fingerprint density at radius 2 is 1.50 bits per heavy atom. The molecule has 9 nitrogen and oxygen atoms in total. The van der Waals surface area contributed by atoms with E-state index in [-0.39, 0.29) is 12.2 Å². The van der Waals surface area contributed by atoms with Gasteiger partial charge in [0.25, 0.3) is 0 Å². The Bertz CT molecular complexity index is 642. The molecule has 0 spiro atoms. The third-order valence-electron chi connectivity index (χ3n) is 5.56. The van der Waals surface area contributed by atoms with Crippen LogP contribution in [0.4, 0.5) is 0 Å². The summed E-state index contributed by atoms with van der Waals surface area (Å²) in [5, 5.41) is 48.1. The van der Waals surface area contributed by atoms with Gasteiger partial charge in [-0.2, -0.15) is 0 Å². The minimum absolute atomic E-state index is 0.251. The number of nitrogens with zero attached hydrogens (tertiary/aromatic N) is 3. The van der Waals surface area contributed by atoms with E-state index in [1.165, 1.54) is 0 Å². The number of carboxylic acid groups (broad SMARTS) is 1. The van der Waals surface area contributed by atoms with Crippen molar-refractivity contribution in [3.63, 3.8) is 0 Å². The van der Waals surface area contributed by atoms with Gasteiger partial charge in [0.05, 0.1) is 37.0 Å². The van der Waals surface area contributed by atoms with Gasteiger partial charge in [-0.15, -0.1) is 0 Å². The highest BCUT2D eigenvalue weighted by molar-refractivity contribution is 5.87. The van der Waals surface area contributed by atoms with Gasteiger partial charge < -0.3 is 25.5 Å². The van der Waals surface area contributed by atoms with Crippen LogP contribution in [-0.4, -0.2) is 123 Å². The van der Waals surface area contributed by atoms with Crippen molar-refractivity contribution in [2.45, 2.75) is 31.7 Å². The van der Waals surface area contributed by atoms with Crippen molar-refractivity contribution < 1.29 is 30.3 Å². The summed E-state index contributed by atoms with van der Waals surface area (Å²) in [7, 11) is 0. The second-order valence-corrected chi connectivity index (χ2v) is 7.96. The first-order chi connectivity index (χ1) is 14.3. The van der Waals surface area contributed by atoms with Gasteiger partial charge in [0.1, 0.15) is 0 Å². The molecule has 0 unspecified atom stereocenters. The average Bonchev–Trinajstić information content (AvgIpc) is 2.80. The van der Waals surface area contributed by atoms with Gasteiger partial charge >= 0.3 is 5.97 Å². The highest BCUT2D eigenvalue weighted by Crippen LogP contribution is 2.12. The van der Waals surface area contributed by atoms with Gasteiger partial charge in [-0.1, -0.05) is 12.1 Å². The predicted octanol–water partition coefficient (Wildman–Crippen LogP) is -1.10. The molecule has 9 heteroatoms. The second-order valence-electron chi connectivity index (χ2n) is 7.96. The number of aliphatic hydroxyl groups is 4. The van der Waals surface area contributed by atoms with Crippen molar-refractivity contribution in [3.8, 4) is 0 Å². The molecule has 1 fully saturated rings. The summed E-state index contributed by atoms with van der Waals surface area (Å²) in [6.07, 6.45) is -1.49. The van der Waals surface area contributed by atoms with Crippen LogP contribution in [0, 0.1) is 0 Å². The fraction of sp³-hybridized carbons (Fsp3) is 0.667. The van der Waals surface area contributed by atoms with Gasteiger partial charge in [0.15, 0.2) is 0 Å². The van der Waals surface area contributed by atoms with E-state index in [1.54, 1.807) is 19.1 Å². The number of β-amino-alcohol motifs (C(OH)–C–C–N with tert-alkyl or cyclic N) is 1. The molecule has 170 valence electrons. The monoisotopic (exact) mass is 425 g/mol. The molecule has 1 aromatic carbocycles. The summed E-state index contributed by atoms with van der Waals surface area (Å²) in [6.45, 7) is 6.37. The van der Waals surface area contributed by atoms with Crippen LogP contribution in [0.5, 0.6) is 0 Å². The molecule has 0 amide bonds. The molecule has 3 atom stereocenters. The quantitative estimate of drug-likeness (QED) is 0.335. The van der Waals surface area contributed by atoms with E-state index in [4.69, 9.17) is 5.11 Å². The molecule has 0 aliphatic carbocycles. The first-order valence-electron chi connectivity index (χ1n) is 10.4. The number of rotatable bonds is 9. The van der Waals surface area contributed by atoms with Crippen LogP contribution in [0.2, 0.25) is 0 Å². The maximum Gasteiger partial charge on any atom is 0.335 e. The van der Waals surface area contributed by atoms with Crippen molar-refractivity contribution in [3.05, 3.63) is 35.4 Å². The summed E-state index contributed by atoms with van der Waals surface area (Å²) in [5.41, 5.74) is 1.25. The molecular weight excluding hydrogens is 390 g/mol. The van der Waals surface area contributed by atoms with Gasteiger partial charge in [0, 0.05) is 52.4 Å². The van der Waals surface area contributed by atoms with Crippen LogP contribution in [0.15, 0.2) is 24.3 Å². The number of carbonyl (C=O) groups is 1. The third-order valence-corrected chi connectivity index (χ3v) is 5.56. The largest absolute Gasteiger partial charge is 0.478 e. The minimum Gasteiger partial charge on any atom is -0.478 e. The Morgan fingerprint density at radius 1 is 0.933 bits per heavy atom. The zero-order valence-corrected chi connectivity index (χ0v) is 17.6. The lowest BCUT2D eigenvalue weighted by Gasteiger charge is -2.34. The van der Waals surface area contributed by atoms with Crippen LogP contribution < -0.4 is 0 Å². The summed E-state index contributed by atoms with van der Waals surface area (Å²) in [4.78, 5) is 17.4. The Balaban J connectivity index is 2.12. The van der Waals surface area contributed by atoms with Crippen LogP contribution in [0.1, 0.15) is 22.8 Å². The normalized spacial score (nSPS) is 20.7. The number of hydrogen-bond acceptors (Lipinski definition) is 8. The van der Waals surface area contributed by atoms with E-state index in [2.05, 4.69) is 9.80 Å². The van der Waals surface area contributed by atoms with E-state index in [1.807, 2.05) is 17.0 Å². The SMILES string of the molecule is C[C@H](O)CN1CCN(Cc2ccc(C(=O)O)cc2)CCN([C@H](CO)[C@H](O)CO)CC1. The van der Waals surface area contributed by atoms with E-state index in [0.29, 0.717) is 39.3 Å². The minimum atomic E-state index is -1.03. The summed E-state index contributed by atoms with van der Waals surface area (Å²) in [5.74, 6) is -0.953. The Morgan fingerprint density at radius 3 is 2.03 bits per heavy atom. The van der Waals surface area contributed by atoms with Crippen molar-refractivity contribution in [1.29, 1.82) is 0 Å². The van der Waals surface area contributed by atoms with E-state index in [0.717, 1.165) is 18.7 Å². The standard InChI is InChI=1S/C21H35N3O6/c1-16(27)12-22-6-7-23(13-17-2-4-18(5-3-17)21(29)30)9-11-24(10-8-22)19(14-25)20(28)15-26/h2-5,16,19-20,25-28H,6-15H2,1H3,(H,29,30)/t16-,19+,20+/m0/s1. The van der Waals surface area contributed by atoms with Gasteiger partial charge in [-0.3, -0.25) is 14.7 Å². The van der Waals surface area contributed by atoms with Crippen molar-refractivity contribution in [2.24, 2.45) is 0 Å². The lowest BCUT2D eigenvalue weighted by molar-refractivity contribution is -0.0169. The number of aromatic carboxylic acids is 1. The molecular formula is C21H35N3O6. The molecule has 2 rings (SSSR count). The van der Waals surface area contributed by atoms with E-state index in [9.17, 15) is 25.2 Å². The summed E-state index contributed by atoms with van der Waals surface area (Å²) in [6, 6.07) is 6.26. The fourth-order valence-corrected chi connectivity index (χ4v) is 3.82. The topological polar surface area (TPSA) is 128 Å². The Labute approximate surface area is 177 Å². The molecule has 1 aromatic rings. The molecule has 1 heterocycles. The van der Waals surface area contributed by atoms with Crippen LogP contribution in [-0.2, 0) is 6.54 Å². The molecule has 1 aliphatic heterocycles. The molecule has 1 saturated heterocycles. The smallest absolute Gasteiger partial charge is 0.335 e. The maximum absolute atomic E-state index is 11.1. The first-order valence-corrected chi connectivity index (χ1v) is 10.4. The molecule has 1 aliphatic rings. The molecule has 0 aromatic heterocycles. The lowest BCUT2D eigenvalue weighted by atomic mass is 10.1. The lowest BCUT2D eigenvalue weighted by Crippen LogP contribution is -2.51. The predicted molar refractivity (Wildman–Crippen MR) is 112 cm³/mol. The molecule has 5 N–H and O–H groups in total. The number of benzene rings is 1. The van der Waals surface area contributed by atoms with Crippen LogP contribution in [0.25, 0.3) is 0 Å². The first kappa shape index (κ1) is 24.7. The summed E-state index contributed by atoms with van der Waals surface area (Å²) >= 11 is 0. The molecule has 0 bridgehead atoms. The zero-order chi connectivity index (χ0) is 22.1. The molecule has 0 radical (unpaired) electrons. The average molecular weight is 426 g/mol.